The van der Waals surface area contributed by atoms with E-state index < -0.39 is 27.9 Å². The number of ether oxygens (including phenoxy) is 1. The zero-order valence-electron chi connectivity index (χ0n) is 10.8. The van der Waals surface area contributed by atoms with Crippen LogP contribution in [0.3, 0.4) is 0 Å². The Hall–Kier alpha value is -1.93. The van der Waals surface area contributed by atoms with Gasteiger partial charge in [-0.2, -0.15) is 4.72 Å². The van der Waals surface area contributed by atoms with Crippen LogP contribution < -0.4 is 14.8 Å². The lowest BCUT2D eigenvalue weighted by molar-refractivity contribution is -0.134. The van der Waals surface area contributed by atoms with E-state index in [0.29, 0.717) is 5.75 Å². The normalized spacial score (nSPS) is 19.6. The molecule has 2 amide bonds. The summed E-state index contributed by atoms with van der Waals surface area (Å²) in [4.78, 5) is 22.6. The van der Waals surface area contributed by atoms with E-state index in [1.54, 1.807) is 0 Å². The number of amides is 2. The van der Waals surface area contributed by atoms with Gasteiger partial charge in [0, 0.05) is 6.42 Å². The third kappa shape index (κ3) is 3.14. The first-order chi connectivity index (χ1) is 9.42. The van der Waals surface area contributed by atoms with Crippen molar-refractivity contribution in [2.75, 3.05) is 7.11 Å². The summed E-state index contributed by atoms with van der Waals surface area (Å²) in [5.41, 5.74) is 0. The summed E-state index contributed by atoms with van der Waals surface area (Å²) in [6.45, 7) is 0. The first-order valence-electron chi connectivity index (χ1n) is 5.92. The zero-order valence-corrected chi connectivity index (χ0v) is 11.6. The number of imide groups is 1. The first kappa shape index (κ1) is 14.5. The first-order valence-corrected chi connectivity index (χ1v) is 7.41. The van der Waals surface area contributed by atoms with Crippen molar-refractivity contribution < 1.29 is 22.7 Å². The average molecular weight is 298 g/mol. The summed E-state index contributed by atoms with van der Waals surface area (Å²) in [5.74, 6) is -0.488. The highest BCUT2D eigenvalue weighted by atomic mass is 32.2. The summed E-state index contributed by atoms with van der Waals surface area (Å²) in [6.07, 6.45) is 0.265. The minimum Gasteiger partial charge on any atom is -0.497 e. The van der Waals surface area contributed by atoms with Crippen molar-refractivity contribution in [1.29, 1.82) is 0 Å². The lowest BCUT2D eigenvalue weighted by atomic mass is 10.1. The largest absolute Gasteiger partial charge is 0.497 e. The molecule has 7 nitrogen and oxygen atoms in total. The number of hydrogen-bond donors (Lipinski definition) is 2. The van der Waals surface area contributed by atoms with E-state index in [9.17, 15) is 18.0 Å². The van der Waals surface area contributed by atoms with Crippen molar-refractivity contribution in [3.05, 3.63) is 24.3 Å². The summed E-state index contributed by atoms with van der Waals surface area (Å²) in [7, 11) is -2.34. The molecule has 1 atom stereocenters. The van der Waals surface area contributed by atoms with E-state index >= 15 is 0 Å². The van der Waals surface area contributed by atoms with Gasteiger partial charge in [0.05, 0.1) is 12.0 Å². The van der Waals surface area contributed by atoms with E-state index in [1.807, 2.05) is 0 Å². The van der Waals surface area contributed by atoms with Crippen molar-refractivity contribution in [2.45, 2.75) is 23.8 Å². The molecular formula is C12H14N2O5S. The van der Waals surface area contributed by atoms with Crippen LogP contribution in [-0.4, -0.2) is 33.4 Å². The summed E-state index contributed by atoms with van der Waals surface area (Å²) in [5, 5.41) is 2.10. The molecule has 1 fully saturated rings. The molecule has 0 aromatic heterocycles. The molecule has 2 rings (SSSR count). The fourth-order valence-electron chi connectivity index (χ4n) is 1.82. The number of piperidine rings is 1. The van der Waals surface area contributed by atoms with Gasteiger partial charge in [-0.15, -0.1) is 0 Å². The van der Waals surface area contributed by atoms with Crippen molar-refractivity contribution in [3.63, 3.8) is 0 Å². The van der Waals surface area contributed by atoms with Gasteiger partial charge >= 0.3 is 0 Å². The van der Waals surface area contributed by atoms with Crippen LogP contribution in [0.5, 0.6) is 5.75 Å². The molecule has 1 heterocycles. The molecule has 2 N–H and O–H groups in total. The molecule has 1 aliphatic rings. The highest BCUT2D eigenvalue weighted by molar-refractivity contribution is 7.89. The molecule has 0 radical (unpaired) electrons. The van der Waals surface area contributed by atoms with Crippen LogP contribution >= 0.6 is 0 Å². The van der Waals surface area contributed by atoms with Gasteiger partial charge in [-0.1, -0.05) is 0 Å². The molecule has 0 aliphatic carbocycles. The van der Waals surface area contributed by atoms with E-state index in [-0.39, 0.29) is 17.7 Å². The van der Waals surface area contributed by atoms with E-state index in [1.165, 1.54) is 31.4 Å². The fraction of sp³-hybridized carbons (Fsp3) is 0.333. The lowest BCUT2D eigenvalue weighted by Crippen LogP contribution is -2.52. The maximum absolute atomic E-state index is 12.1. The van der Waals surface area contributed by atoms with Crippen LogP contribution in [0.15, 0.2) is 29.2 Å². The number of nitrogens with one attached hydrogen (secondary N) is 2. The standard InChI is InChI=1S/C12H14N2O5S/c1-19-8-2-4-9(5-3-8)20(17,18)14-10-6-7-11(15)13-12(10)16/h2-5,10,14H,6-7H2,1H3,(H,13,15,16). The summed E-state index contributed by atoms with van der Waals surface area (Å²) >= 11 is 0. The van der Waals surface area contributed by atoms with Gasteiger partial charge in [0.15, 0.2) is 0 Å². The molecule has 1 saturated heterocycles. The SMILES string of the molecule is COc1ccc(S(=O)(=O)NC2CCC(=O)NC2=O)cc1. The fourth-order valence-corrected chi connectivity index (χ4v) is 3.05. The molecule has 1 aromatic carbocycles. The molecule has 20 heavy (non-hydrogen) atoms. The molecular weight excluding hydrogens is 284 g/mol. The second kappa shape index (κ2) is 5.59. The van der Waals surface area contributed by atoms with Gasteiger partial charge in [0.2, 0.25) is 21.8 Å². The highest BCUT2D eigenvalue weighted by Gasteiger charge is 2.30. The molecule has 1 aliphatic heterocycles. The van der Waals surface area contributed by atoms with E-state index in [4.69, 9.17) is 4.74 Å². The van der Waals surface area contributed by atoms with Crippen LogP contribution in [0.4, 0.5) is 0 Å². The average Bonchev–Trinajstić information content (AvgIpc) is 2.42. The number of carbonyl (C=O) groups is 2. The second-order valence-corrected chi connectivity index (χ2v) is 6.01. The van der Waals surface area contributed by atoms with Crippen LogP contribution in [0.2, 0.25) is 0 Å². The van der Waals surface area contributed by atoms with Gasteiger partial charge in [-0.25, -0.2) is 8.42 Å². The highest BCUT2D eigenvalue weighted by Crippen LogP contribution is 2.16. The topological polar surface area (TPSA) is 102 Å². The van der Waals surface area contributed by atoms with Gasteiger partial charge < -0.3 is 4.74 Å². The molecule has 1 unspecified atom stereocenters. The number of rotatable bonds is 4. The van der Waals surface area contributed by atoms with Gasteiger partial charge in [-0.3, -0.25) is 14.9 Å². The van der Waals surface area contributed by atoms with Crippen molar-refractivity contribution >= 4 is 21.8 Å². The quantitative estimate of drug-likeness (QED) is 0.748. The smallest absolute Gasteiger partial charge is 0.244 e. The predicted molar refractivity (Wildman–Crippen MR) is 69.5 cm³/mol. The molecule has 1 aromatic rings. The number of hydrogen-bond acceptors (Lipinski definition) is 5. The van der Waals surface area contributed by atoms with Crippen LogP contribution in [0, 0.1) is 0 Å². The van der Waals surface area contributed by atoms with E-state index in [2.05, 4.69) is 10.0 Å². The Morgan fingerprint density at radius 3 is 2.45 bits per heavy atom. The number of benzene rings is 1. The maximum atomic E-state index is 12.1. The minimum absolute atomic E-state index is 0.0306. The zero-order chi connectivity index (χ0) is 14.8. The molecule has 0 spiro atoms. The number of carbonyl (C=O) groups excluding carboxylic acids is 2. The Bertz CT molecular complexity index is 624. The predicted octanol–water partition coefficient (Wildman–Crippen LogP) is -0.221. The van der Waals surface area contributed by atoms with Crippen molar-refractivity contribution in [2.24, 2.45) is 0 Å². The molecule has 0 bridgehead atoms. The van der Waals surface area contributed by atoms with E-state index in [0.717, 1.165) is 0 Å². The van der Waals surface area contributed by atoms with Crippen molar-refractivity contribution in [3.8, 4) is 5.75 Å². The van der Waals surface area contributed by atoms with Crippen molar-refractivity contribution in [1.82, 2.24) is 10.0 Å². The molecule has 0 saturated carbocycles. The van der Waals surface area contributed by atoms with Crippen LogP contribution in [0.1, 0.15) is 12.8 Å². The Morgan fingerprint density at radius 1 is 1.25 bits per heavy atom. The molecule has 8 heteroatoms. The Labute approximate surface area is 116 Å². The second-order valence-electron chi connectivity index (χ2n) is 4.30. The van der Waals surface area contributed by atoms with Gasteiger partial charge in [-0.05, 0) is 30.7 Å². The molecule has 108 valence electrons. The lowest BCUT2D eigenvalue weighted by Gasteiger charge is -2.21. The van der Waals surface area contributed by atoms with Gasteiger partial charge in [0.1, 0.15) is 11.8 Å². The Kier molecular flexibility index (Phi) is 4.05. The Balaban J connectivity index is 2.14. The third-order valence-corrected chi connectivity index (χ3v) is 4.39. The van der Waals surface area contributed by atoms with Gasteiger partial charge in [0.25, 0.3) is 0 Å². The maximum Gasteiger partial charge on any atom is 0.244 e. The Morgan fingerprint density at radius 2 is 1.90 bits per heavy atom. The van der Waals surface area contributed by atoms with Crippen LogP contribution in [-0.2, 0) is 19.6 Å². The monoisotopic (exact) mass is 298 g/mol. The third-order valence-electron chi connectivity index (χ3n) is 2.91. The van der Waals surface area contributed by atoms with Crippen LogP contribution in [0.25, 0.3) is 0 Å². The minimum atomic E-state index is -3.81. The number of methoxy groups -OCH3 is 1. The summed E-state index contributed by atoms with van der Waals surface area (Å²) in [6, 6.07) is 4.86. The number of sulfonamides is 1. The summed E-state index contributed by atoms with van der Waals surface area (Å²) < 4.78 is 31.5.